The summed E-state index contributed by atoms with van der Waals surface area (Å²) in [5.41, 5.74) is 0.798. The van der Waals surface area contributed by atoms with Crippen molar-refractivity contribution in [2.45, 2.75) is 70.7 Å². The summed E-state index contributed by atoms with van der Waals surface area (Å²) in [5.74, 6) is 0. The molecule has 174 valence electrons. The molecule has 2 heterocycles. The first-order valence-corrected chi connectivity index (χ1v) is 11.8. The number of likely N-dealkylation sites (tertiary alicyclic amines) is 1. The van der Waals surface area contributed by atoms with Gasteiger partial charge in [-0.25, -0.2) is 4.79 Å². The van der Waals surface area contributed by atoms with E-state index in [2.05, 4.69) is 17.0 Å². The van der Waals surface area contributed by atoms with Crippen molar-refractivity contribution in [3.63, 3.8) is 0 Å². The predicted octanol–water partition coefficient (Wildman–Crippen LogP) is 4.39. The summed E-state index contributed by atoms with van der Waals surface area (Å²) in [6.07, 6.45) is 2.69. The van der Waals surface area contributed by atoms with E-state index < -0.39 is 5.60 Å². The molecule has 7 heteroatoms. The molecule has 3 rings (SSSR count). The Morgan fingerprint density at radius 2 is 1.87 bits per heavy atom. The van der Waals surface area contributed by atoms with Crippen molar-refractivity contribution >= 4 is 17.7 Å². The molecule has 0 saturated carbocycles. The topological polar surface area (TPSA) is 51.2 Å². The largest absolute Gasteiger partial charge is 0.444 e. The third-order valence-electron chi connectivity index (χ3n) is 5.89. The van der Waals surface area contributed by atoms with E-state index in [0.717, 1.165) is 43.9 Å². The Balaban J connectivity index is 1.63. The highest BCUT2D eigenvalue weighted by atomic mass is 35.5. The van der Waals surface area contributed by atoms with Crippen molar-refractivity contribution in [3.05, 3.63) is 34.9 Å². The minimum absolute atomic E-state index is 0.0882. The molecule has 2 fully saturated rings. The van der Waals surface area contributed by atoms with Crippen LogP contribution in [-0.2, 0) is 20.6 Å². The van der Waals surface area contributed by atoms with Gasteiger partial charge in [0.25, 0.3) is 0 Å². The molecule has 0 bridgehead atoms. The second-order valence-electron chi connectivity index (χ2n) is 9.49. The molecule has 0 N–H and O–H groups in total. The van der Waals surface area contributed by atoms with Crippen LogP contribution in [0.1, 0.15) is 46.1 Å². The van der Waals surface area contributed by atoms with E-state index in [1.165, 1.54) is 5.56 Å². The minimum atomic E-state index is -0.464. The zero-order chi connectivity index (χ0) is 22.4. The van der Waals surface area contributed by atoms with E-state index in [0.29, 0.717) is 31.9 Å². The van der Waals surface area contributed by atoms with Gasteiger partial charge in [0.2, 0.25) is 0 Å². The number of amides is 1. The van der Waals surface area contributed by atoms with Crippen LogP contribution < -0.4 is 0 Å². The first-order valence-electron chi connectivity index (χ1n) is 11.4. The molecule has 0 aromatic heterocycles. The molecular weight excluding hydrogens is 416 g/mol. The van der Waals surface area contributed by atoms with Gasteiger partial charge in [-0.05, 0) is 64.7 Å². The molecule has 1 aromatic rings. The zero-order valence-corrected chi connectivity index (χ0v) is 20.1. The Morgan fingerprint density at radius 1 is 1.19 bits per heavy atom. The molecule has 0 aliphatic carbocycles. The van der Waals surface area contributed by atoms with Crippen molar-refractivity contribution in [1.82, 2.24) is 9.80 Å². The molecule has 0 radical (unpaired) electrons. The standard InChI is InChI=1S/C24H37ClN2O4/c1-5-29-17-22-15-27(21(16-30-22)14-18-6-8-19(25)9-7-18)20-10-12-26(13-11-20)23(28)31-24(2,3)4/h6-9,20-22H,5,10-17H2,1-4H3/t21?,22-/m1/s1. The fraction of sp³-hybridized carbons (Fsp3) is 0.708. The molecule has 31 heavy (non-hydrogen) atoms. The fourth-order valence-electron chi connectivity index (χ4n) is 4.35. The molecule has 1 amide bonds. The van der Waals surface area contributed by atoms with Crippen molar-refractivity contribution < 1.29 is 19.0 Å². The minimum Gasteiger partial charge on any atom is -0.444 e. The molecule has 6 nitrogen and oxygen atoms in total. The Morgan fingerprint density at radius 3 is 2.48 bits per heavy atom. The Bertz CT molecular complexity index is 699. The third-order valence-corrected chi connectivity index (χ3v) is 6.14. The van der Waals surface area contributed by atoms with E-state index in [-0.39, 0.29) is 12.2 Å². The lowest BCUT2D eigenvalue weighted by molar-refractivity contribution is -0.110. The maximum atomic E-state index is 12.4. The number of halogens is 1. The van der Waals surface area contributed by atoms with Gasteiger partial charge < -0.3 is 19.1 Å². The van der Waals surface area contributed by atoms with Crippen molar-refractivity contribution in [2.75, 3.05) is 39.5 Å². The molecule has 1 aromatic carbocycles. The summed E-state index contributed by atoms with van der Waals surface area (Å²) in [5, 5.41) is 0.756. The Labute approximate surface area is 191 Å². The highest BCUT2D eigenvalue weighted by molar-refractivity contribution is 6.30. The van der Waals surface area contributed by atoms with Gasteiger partial charge in [0.15, 0.2) is 0 Å². The number of ether oxygens (including phenoxy) is 3. The highest BCUT2D eigenvalue weighted by Gasteiger charge is 2.36. The number of hydrogen-bond donors (Lipinski definition) is 0. The van der Waals surface area contributed by atoms with Gasteiger partial charge in [-0.3, -0.25) is 4.90 Å². The molecule has 0 spiro atoms. The molecular formula is C24H37ClN2O4. The zero-order valence-electron chi connectivity index (χ0n) is 19.3. The van der Waals surface area contributed by atoms with Crippen LogP contribution in [0.15, 0.2) is 24.3 Å². The molecule has 2 aliphatic heterocycles. The quantitative estimate of drug-likeness (QED) is 0.640. The van der Waals surface area contributed by atoms with Gasteiger partial charge in [0.05, 0.1) is 19.3 Å². The van der Waals surface area contributed by atoms with Crippen LogP contribution in [-0.4, -0.2) is 79.1 Å². The van der Waals surface area contributed by atoms with Gasteiger partial charge in [0, 0.05) is 43.3 Å². The summed E-state index contributed by atoms with van der Waals surface area (Å²) in [4.78, 5) is 16.9. The van der Waals surface area contributed by atoms with Crippen LogP contribution in [0.25, 0.3) is 0 Å². The number of hydrogen-bond acceptors (Lipinski definition) is 5. The first kappa shape index (κ1) is 24.3. The second kappa shape index (κ2) is 11.0. The van der Waals surface area contributed by atoms with Crippen LogP contribution in [0, 0.1) is 0 Å². The van der Waals surface area contributed by atoms with E-state index in [9.17, 15) is 4.79 Å². The summed E-state index contributed by atoms with van der Waals surface area (Å²) in [6, 6.07) is 8.81. The van der Waals surface area contributed by atoms with Crippen LogP contribution in [0.2, 0.25) is 5.02 Å². The summed E-state index contributed by atoms with van der Waals surface area (Å²) in [7, 11) is 0. The van der Waals surface area contributed by atoms with Gasteiger partial charge in [0.1, 0.15) is 5.60 Å². The van der Waals surface area contributed by atoms with Gasteiger partial charge in [-0.1, -0.05) is 23.7 Å². The summed E-state index contributed by atoms with van der Waals surface area (Å²) in [6.45, 7) is 12.0. The van der Waals surface area contributed by atoms with E-state index in [4.69, 9.17) is 25.8 Å². The SMILES string of the molecule is CCOC[C@H]1CN(C2CCN(C(=O)OC(C)(C)C)CC2)C(Cc2ccc(Cl)cc2)CO1. The number of carbonyl (C=O) groups excluding carboxylic acids is 1. The average molecular weight is 453 g/mol. The average Bonchev–Trinajstić information content (AvgIpc) is 2.73. The van der Waals surface area contributed by atoms with Crippen molar-refractivity contribution in [2.24, 2.45) is 0 Å². The maximum absolute atomic E-state index is 12.4. The molecule has 1 unspecified atom stereocenters. The monoisotopic (exact) mass is 452 g/mol. The van der Waals surface area contributed by atoms with Gasteiger partial charge in [-0.2, -0.15) is 0 Å². The second-order valence-corrected chi connectivity index (χ2v) is 9.93. The lowest BCUT2D eigenvalue weighted by atomic mass is 9.96. The third kappa shape index (κ3) is 7.35. The number of morpholine rings is 1. The molecule has 2 saturated heterocycles. The number of piperidine rings is 1. The van der Waals surface area contributed by atoms with E-state index >= 15 is 0 Å². The Hall–Kier alpha value is -1.34. The van der Waals surface area contributed by atoms with Gasteiger partial charge >= 0.3 is 6.09 Å². The van der Waals surface area contributed by atoms with Crippen molar-refractivity contribution in [1.29, 1.82) is 0 Å². The van der Waals surface area contributed by atoms with Crippen LogP contribution in [0.4, 0.5) is 4.79 Å². The van der Waals surface area contributed by atoms with Crippen LogP contribution in [0.5, 0.6) is 0 Å². The van der Waals surface area contributed by atoms with E-state index in [1.54, 1.807) is 0 Å². The van der Waals surface area contributed by atoms with Crippen LogP contribution >= 0.6 is 11.6 Å². The summed E-state index contributed by atoms with van der Waals surface area (Å²) >= 11 is 6.06. The number of carbonyl (C=O) groups is 1. The van der Waals surface area contributed by atoms with Crippen molar-refractivity contribution in [3.8, 4) is 0 Å². The number of nitrogens with zero attached hydrogens (tertiary/aromatic N) is 2. The first-order chi connectivity index (χ1) is 14.7. The molecule has 2 atom stereocenters. The lowest BCUT2D eigenvalue weighted by Crippen LogP contribution is -2.58. The number of benzene rings is 1. The normalized spacial score (nSPS) is 23.7. The fourth-order valence-corrected chi connectivity index (χ4v) is 4.48. The lowest BCUT2D eigenvalue weighted by Gasteiger charge is -2.46. The maximum Gasteiger partial charge on any atom is 0.410 e. The highest BCUT2D eigenvalue weighted by Crippen LogP contribution is 2.26. The Kier molecular flexibility index (Phi) is 8.62. The summed E-state index contributed by atoms with van der Waals surface area (Å²) < 4.78 is 17.3. The van der Waals surface area contributed by atoms with Crippen LogP contribution in [0.3, 0.4) is 0 Å². The number of rotatable bonds is 6. The van der Waals surface area contributed by atoms with E-state index in [1.807, 2.05) is 44.7 Å². The van der Waals surface area contributed by atoms with Gasteiger partial charge in [-0.15, -0.1) is 0 Å². The molecule has 2 aliphatic rings. The smallest absolute Gasteiger partial charge is 0.410 e. The predicted molar refractivity (Wildman–Crippen MR) is 123 cm³/mol.